The summed E-state index contributed by atoms with van der Waals surface area (Å²) in [7, 11) is 0. The molecule has 0 spiro atoms. The Hall–Kier alpha value is -2.03. The first-order valence-electron chi connectivity index (χ1n) is 7.15. The second kappa shape index (κ2) is 7.69. The number of hydrogen-bond acceptors (Lipinski definition) is 5. The first kappa shape index (κ1) is 18.3. The number of thiazole rings is 1. The molecule has 2 amide bonds. The number of aryl methyl sites for hydroxylation is 1. The van der Waals surface area contributed by atoms with Crippen LogP contribution in [0.15, 0.2) is 17.5 Å². The van der Waals surface area contributed by atoms with E-state index in [0.717, 1.165) is 10.6 Å². The fraction of sp³-hybridized carbons (Fsp3) is 0.267. The van der Waals surface area contributed by atoms with E-state index in [9.17, 15) is 14.0 Å². The zero-order valence-electron chi connectivity index (χ0n) is 12.6. The molecular weight excluding hydrogens is 355 g/mol. The van der Waals surface area contributed by atoms with Crippen molar-refractivity contribution in [3.8, 4) is 0 Å². The highest BCUT2D eigenvalue weighted by Crippen LogP contribution is 2.29. The van der Waals surface area contributed by atoms with Crippen molar-refractivity contribution in [2.24, 2.45) is 5.73 Å². The second-order valence-electron chi connectivity index (χ2n) is 5.16. The maximum Gasteiger partial charge on any atom is 0.275 e. The average molecular weight is 371 g/mol. The topological polar surface area (TPSA) is 97.1 Å². The molecule has 0 fully saturated rings. The van der Waals surface area contributed by atoms with E-state index in [1.54, 1.807) is 5.38 Å². The van der Waals surface area contributed by atoms with Gasteiger partial charge < -0.3 is 16.4 Å². The van der Waals surface area contributed by atoms with Crippen LogP contribution in [0, 0.1) is 5.82 Å². The van der Waals surface area contributed by atoms with Crippen molar-refractivity contribution < 1.29 is 14.0 Å². The van der Waals surface area contributed by atoms with Crippen molar-refractivity contribution in [3.05, 3.63) is 39.6 Å². The van der Waals surface area contributed by atoms with Crippen LogP contribution in [0.1, 0.15) is 27.5 Å². The number of carbonyl (C=O) groups excluding carboxylic acids is 2. The van der Waals surface area contributed by atoms with Gasteiger partial charge in [-0.3, -0.25) is 9.59 Å². The molecule has 0 unspecified atom stereocenters. The Labute approximate surface area is 148 Å². The minimum atomic E-state index is -0.536. The van der Waals surface area contributed by atoms with Crippen LogP contribution in [0.5, 0.6) is 0 Å². The molecule has 3 rings (SSSR count). The number of rotatable bonds is 4. The van der Waals surface area contributed by atoms with E-state index in [1.165, 1.54) is 23.5 Å². The van der Waals surface area contributed by atoms with Crippen molar-refractivity contribution in [1.29, 1.82) is 0 Å². The maximum absolute atomic E-state index is 14.1. The molecule has 1 aromatic carbocycles. The van der Waals surface area contributed by atoms with Gasteiger partial charge in [0.05, 0.1) is 10.7 Å². The van der Waals surface area contributed by atoms with Crippen LogP contribution in [0.2, 0.25) is 0 Å². The van der Waals surface area contributed by atoms with Crippen LogP contribution in [-0.4, -0.2) is 23.3 Å². The lowest BCUT2D eigenvalue weighted by atomic mass is 10.0. The highest BCUT2D eigenvalue weighted by Gasteiger charge is 2.19. The van der Waals surface area contributed by atoms with Gasteiger partial charge in [0.15, 0.2) is 0 Å². The smallest absolute Gasteiger partial charge is 0.275 e. The summed E-state index contributed by atoms with van der Waals surface area (Å²) in [6.07, 6.45) is 1.42. The SMILES string of the molecule is Cl.NCCc1nc(C(=O)Nc2cc3c(cc2F)CCC(=O)N3)cs1. The number of benzene rings is 1. The molecule has 2 aromatic rings. The number of aromatic nitrogens is 1. The lowest BCUT2D eigenvalue weighted by molar-refractivity contribution is -0.116. The van der Waals surface area contributed by atoms with Crippen LogP contribution in [0.3, 0.4) is 0 Å². The predicted octanol–water partition coefficient (Wildman–Crippen LogP) is 2.34. The maximum atomic E-state index is 14.1. The van der Waals surface area contributed by atoms with Crippen LogP contribution in [0.25, 0.3) is 0 Å². The van der Waals surface area contributed by atoms with Gasteiger partial charge in [-0.05, 0) is 30.7 Å². The lowest BCUT2D eigenvalue weighted by Crippen LogP contribution is -2.20. The number of carbonyl (C=O) groups is 2. The molecule has 0 saturated carbocycles. The van der Waals surface area contributed by atoms with Gasteiger partial charge in [0, 0.05) is 23.9 Å². The highest BCUT2D eigenvalue weighted by atomic mass is 35.5. The summed E-state index contributed by atoms with van der Waals surface area (Å²) in [6.45, 7) is 0.452. The molecule has 0 radical (unpaired) electrons. The molecule has 9 heteroatoms. The van der Waals surface area contributed by atoms with Crippen molar-refractivity contribution in [2.75, 3.05) is 17.2 Å². The quantitative estimate of drug-likeness (QED) is 0.769. The zero-order valence-corrected chi connectivity index (χ0v) is 14.2. The largest absolute Gasteiger partial charge is 0.330 e. The van der Waals surface area contributed by atoms with Gasteiger partial charge in [0.25, 0.3) is 5.91 Å². The van der Waals surface area contributed by atoms with Crippen LogP contribution >= 0.6 is 23.7 Å². The Balaban J connectivity index is 0.00000208. The molecule has 128 valence electrons. The number of hydrogen-bond donors (Lipinski definition) is 3. The van der Waals surface area contributed by atoms with Gasteiger partial charge >= 0.3 is 0 Å². The van der Waals surface area contributed by atoms with Gasteiger partial charge in [0.2, 0.25) is 5.91 Å². The molecule has 1 aliphatic heterocycles. The molecular formula is C15H16ClFN4O2S. The van der Waals surface area contributed by atoms with Gasteiger partial charge in [-0.1, -0.05) is 0 Å². The molecule has 2 heterocycles. The Bertz CT molecular complexity index is 781. The van der Waals surface area contributed by atoms with Crippen LogP contribution < -0.4 is 16.4 Å². The minimum absolute atomic E-state index is 0. The Morgan fingerprint density at radius 2 is 2.21 bits per heavy atom. The molecule has 1 aromatic heterocycles. The average Bonchev–Trinajstić information content (AvgIpc) is 2.97. The van der Waals surface area contributed by atoms with E-state index in [-0.39, 0.29) is 29.7 Å². The number of halogens is 2. The standard InChI is InChI=1S/C15H15FN4O2S.ClH/c16-9-5-8-1-2-13(21)18-10(8)6-11(9)20-15(22)12-7-23-14(19-12)3-4-17;/h5-7H,1-4,17H2,(H,18,21)(H,20,22);1H. The van der Waals surface area contributed by atoms with Gasteiger partial charge in [0.1, 0.15) is 11.5 Å². The predicted molar refractivity (Wildman–Crippen MR) is 93.4 cm³/mol. The van der Waals surface area contributed by atoms with Gasteiger partial charge in [-0.2, -0.15) is 0 Å². The third-order valence-corrected chi connectivity index (χ3v) is 4.39. The summed E-state index contributed by atoms with van der Waals surface area (Å²) in [6, 6.07) is 2.78. The van der Waals surface area contributed by atoms with Gasteiger partial charge in [-0.15, -0.1) is 23.7 Å². The molecule has 0 atom stereocenters. The number of fused-ring (bicyclic) bond motifs is 1. The molecule has 6 nitrogen and oxygen atoms in total. The minimum Gasteiger partial charge on any atom is -0.330 e. The van der Waals surface area contributed by atoms with E-state index in [1.807, 2.05) is 0 Å². The normalized spacial score (nSPS) is 12.8. The molecule has 1 aliphatic rings. The van der Waals surface area contributed by atoms with Crippen molar-refractivity contribution in [3.63, 3.8) is 0 Å². The number of anilines is 2. The fourth-order valence-electron chi connectivity index (χ4n) is 2.33. The van der Waals surface area contributed by atoms with E-state index < -0.39 is 11.7 Å². The van der Waals surface area contributed by atoms with Crippen molar-refractivity contribution in [2.45, 2.75) is 19.3 Å². The summed E-state index contributed by atoms with van der Waals surface area (Å²) < 4.78 is 14.1. The lowest BCUT2D eigenvalue weighted by Gasteiger charge is -2.18. The third kappa shape index (κ3) is 3.89. The first-order valence-corrected chi connectivity index (χ1v) is 8.03. The fourth-order valence-corrected chi connectivity index (χ4v) is 3.13. The molecule has 24 heavy (non-hydrogen) atoms. The second-order valence-corrected chi connectivity index (χ2v) is 6.10. The number of nitrogens with zero attached hydrogens (tertiary/aromatic N) is 1. The van der Waals surface area contributed by atoms with E-state index in [2.05, 4.69) is 15.6 Å². The molecule has 4 N–H and O–H groups in total. The van der Waals surface area contributed by atoms with E-state index in [0.29, 0.717) is 31.5 Å². The zero-order chi connectivity index (χ0) is 16.4. The van der Waals surface area contributed by atoms with Crippen molar-refractivity contribution >= 4 is 46.9 Å². The van der Waals surface area contributed by atoms with Crippen molar-refractivity contribution in [1.82, 2.24) is 4.98 Å². The highest BCUT2D eigenvalue weighted by molar-refractivity contribution is 7.09. The third-order valence-electron chi connectivity index (χ3n) is 3.48. The number of nitrogens with two attached hydrogens (primary N) is 1. The Kier molecular flexibility index (Phi) is 5.87. The molecule has 0 bridgehead atoms. The molecule has 0 aliphatic carbocycles. The number of nitrogens with one attached hydrogen (secondary N) is 2. The van der Waals surface area contributed by atoms with E-state index in [4.69, 9.17) is 5.73 Å². The summed E-state index contributed by atoms with van der Waals surface area (Å²) in [4.78, 5) is 27.7. The Morgan fingerprint density at radius 3 is 2.96 bits per heavy atom. The monoisotopic (exact) mass is 370 g/mol. The summed E-state index contributed by atoms with van der Waals surface area (Å²) in [5.41, 5.74) is 6.94. The van der Waals surface area contributed by atoms with E-state index >= 15 is 0 Å². The van der Waals surface area contributed by atoms with Crippen LogP contribution in [-0.2, 0) is 17.6 Å². The van der Waals surface area contributed by atoms with Gasteiger partial charge in [-0.25, -0.2) is 9.37 Å². The summed E-state index contributed by atoms with van der Waals surface area (Å²) in [5, 5.41) is 7.54. The Morgan fingerprint density at radius 1 is 1.42 bits per heavy atom. The first-order chi connectivity index (χ1) is 11.1. The summed E-state index contributed by atoms with van der Waals surface area (Å²) in [5.74, 6) is -1.15. The van der Waals surface area contributed by atoms with Crippen LogP contribution in [0.4, 0.5) is 15.8 Å². The molecule has 0 saturated heterocycles. The number of amides is 2. The summed E-state index contributed by atoms with van der Waals surface area (Å²) >= 11 is 1.34.